The number of amides is 3. The van der Waals surface area contributed by atoms with Crippen LogP contribution in [0.15, 0.2) is 30.3 Å². The Bertz CT molecular complexity index is 525. The molecule has 0 saturated heterocycles. The highest BCUT2D eigenvalue weighted by atomic mass is 32.2. The van der Waals surface area contributed by atoms with E-state index in [1.54, 1.807) is 36.0 Å². The second-order valence-electron chi connectivity index (χ2n) is 4.67. The third kappa shape index (κ3) is 8.10. The number of hydrazine groups is 1. The summed E-state index contributed by atoms with van der Waals surface area (Å²) in [6.45, 7) is 1.09. The second-order valence-corrected chi connectivity index (χ2v) is 5.66. The third-order valence-electron chi connectivity index (χ3n) is 2.74. The Hall–Kier alpha value is -2.22. The van der Waals surface area contributed by atoms with Gasteiger partial charge in [0, 0.05) is 6.92 Å². The molecule has 7 nitrogen and oxygen atoms in total. The molecule has 1 aromatic carbocycles. The van der Waals surface area contributed by atoms with E-state index in [4.69, 9.17) is 4.74 Å². The molecule has 0 heterocycles. The number of para-hydroxylation sites is 1. The van der Waals surface area contributed by atoms with Crippen molar-refractivity contribution in [2.45, 2.75) is 19.4 Å². The van der Waals surface area contributed by atoms with Gasteiger partial charge in [0.1, 0.15) is 11.8 Å². The van der Waals surface area contributed by atoms with Crippen LogP contribution in [-0.2, 0) is 14.4 Å². The first-order valence-corrected chi connectivity index (χ1v) is 8.45. The van der Waals surface area contributed by atoms with Gasteiger partial charge in [0.25, 0.3) is 11.8 Å². The fraction of sp³-hybridized carbons (Fsp3) is 0.400. The molecule has 23 heavy (non-hydrogen) atoms. The fourth-order valence-corrected chi connectivity index (χ4v) is 2.11. The van der Waals surface area contributed by atoms with E-state index < -0.39 is 17.9 Å². The highest BCUT2D eigenvalue weighted by Gasteiger charge is 2.20. The summed E-state index contributed by atoms with van der Waals surface area (Å²) in [6, 6.07) is 8.19. The summed E-state index contributed by atoms with van der Waals surface area (Å²) < 4.78 is 5.33. The van der Waals surface area contributed by atoms with Crippen molar-refractivity contribution >= 4 is 29.5 Å². The molecule has 0 spiro atoms. The van der Waals surface area contributed by atoms with Crippen LogP contribution in [0.4, 0.5) is 0 Å². The van der Waals surface area contributed by atoms with Crippen LogP contribution in [0.5, 0.6) is 5.75 Å². The van der Waals surface area contributed by atoms with E-state index in [0.29, 0.717) is 17.9 Å². The average Bonchev–Trinajstić information content (AvgIpc) is 2.55. The molecule has 8 heteroatoms. The monoisotopic (exact) mass is 339 g/mol. The molecule has 0 aliphatic carbocycles. The van der Waals surface area contributed by atoms with Crippen molar-refractivity contribution in [3.05, 3.63) is 30.3 Å². The summed E-state index contributed by atoms with van der Waals surface area (Å²) in [6.07, 6.45) is 2.35. The van der Waals surface area contributed by atoms with E-state index in [1.807, 2.05) is 12.3 Å². The second kappa shape index (κ2) is 10.5. The number of rotatable bonds is 8. The number of thioether (sulfide) groups is 1. The predicted octanol–water partition coefficient (Wildman–Crippen LogP) is 0.471. The molecule has 0 aliphatic heterocycles. The maximum atomic E-state index is 12.0. The highest BCUT2D eigenvalue weighted by molar-refractivity contribution is 7.98. The van der Waals surface area contributed by atoms with Crippen LogP contribution in [0.2, 0.25) is 0 Å². The van der Waals surface area contributed by atoms with Crippen LogP contribution >= 0.6 is 11.8 Å². The molecule has 1 atom stereocenters. The molecule has 0 saturated carbocycles. The largest absolute Gasteiger partial charge is 0.484 e. The number of benzene rings is 1. The van der Waals surface area contributed by atoms with Gasteiger partial charge in [-0.1, -0.05) is 18.2 Å². The standard InChI is InChI=1S/C15H21N3O4S/c1-11(19)17-18-15(21)13(8-9-23-2)16-14(20)10-22-12-6-4-3-5-7-12/h3-7,13H,8-10H2,1-2H3,(H,16,20)(H,17,19)(H,18,21). The van der Waals surface area contributed by atoms with Crippen molar-refractivity contribution in [2.24, 2.45) is 0 Å². The molecule has 3 N–H and O–H groups in total. The lowest BCUT2D eigenvalue weighted by molar-refractivity contribution is -0.132. The van der Waals surface area contributed by atoms with Crippen LogP contribution in [0.25, 0.3) is 0 Å². The minimum atomic E-state index is -0.735. The summed E-state index contributed by atoms with van der Waals surface area (Å²) in [5.74, 6) is 0.00444. The smallest absolute Gasteiger partial charge is 0.260 e. The lowest BCUT2D eigenvalue weighted by Gasteiger charge is -2.18. The number of ether oxygens (including phenoxy) is 1. The van der Waals surface area contributed by atoms with Gasteiger partial charge in [-0.25, -0.2) is 0 Å². The van der Waals surface area contributed by atoms with E-state index in [2.05, 4.69) is 16.2 Å². The number of hydrogen-bond donors (Lipinski definition) is 3. The number of nitrogens with one attached hydrogen (secondary N) is 3. The molecule has 0 radical (unpaired) electrons. The van der Waals surface area contributed by atoms with Gasteiger partial charge < -0.3 is 10.1 Å². The normalized spacial score (nSPS) is 11.2. The van der Waals surface area contributed by atoms with E-state index >= 15 is 0 Å². The van der Waals surface area contributed by atoms with Gasteiger partial charge in [-0.2, -0.15) is 11.8 Å². The van der Waals surface area contributed by atoms with Crippen LogP contribution in [0.1, 0.15) is 13.3 Å². The molecule has 1 rings (SSSR count). The molecule has 0 bridgehead atoms. The Morgan fingerprint density at radius 2 is 1.87 bits per heavy atom. The summed E-state index contributed by atoms with van der Waals surface area (Å²) in [7, 11) is 0. The topological polar surface area (TPSA) is 96.5 Å². The van der Waals surface area contributed by atoms with Crippen molar-refractivity contribution in [1.82, 2.24) is 16.2 Å². The zero-order valence-corrected chi connectivity index (χ0v) is 13.9. The quantitative estimate of drug-likeness (QED) is 0.598. The minimum Gasteiger partial charge on any atom is -0.484 e. The fourth-order valence-electron chi connectivity index (χ4n) is 1.64. The van der Waals surface area contributed by atoms with Gasteiger partial charge in [-0.15, -0.1) is 0 Å². The molecular weight excluding hydrogens is 318 g/mol. The molecular formula is C15H21N3O4S. The van der Waals surface area contributed by atoms with Crippen molar-refractivity contribution in [1.29, 1.82) is 0 Å². The summed E-state index contributed by atoms with van der Waals surface area (Å²) in [4.78, 5) is 34.7. The van der Waals surface area contributed by atoms with Gasteiger partial charge in [-0.3, -0.25) is 25.2 Å². The first kappa shape index (κ1) is 18.8. The Morgan fingerprint density at radius 1 is 1.17 bits per heavy atom. The van der Waals surface area contributed by atoms with Gasteiger partial charge in [0.05, 0.1) is 0 Å². The minimum absolute atomic E-state index is 0.187. The number of hydrogen-bond acceptors (Lipinski definition) is 5. The first-order valence-electron chi connectivity index (χ1n) is 7.05. The Labute approximate surface area is 139 Å². The molecule has 0 aliphatic rings. The van der Waals surface area contributed by atoms with Gasteiger partial charge in [-0.05, 0) is 30.6 Å². The Kier molecular flexibility index (Phi) is 8.59. The molecule has 126 valence electrons. The number of carbonyl (C=O) groups excluding carboxylic acids is 3. The Balaban J connectivity index is 2.49. The maximum Gasteiger partial charge on any atom is 0.260 e. The maximum absolute atomic E-state index is 12.0. The summed E-state index contributed by atoms with van der Waals surface area (Å²) >= 11 is 1.56. The molecule has 1 aromatic rings. The van der Waals surface area contributed by atoms with Crippen molar-refractivity contribution in [3.63, 3.8) is 0 Å². The summed E-state index contributed by atoms with van der Waals surface area (Å²) in [5.41, 5.74) is 4.47. The first-order chi connectivity index (χ1) is 11.0. The SMILES string of the molecule is CSCCC(NC(=O)COc1ccccc1)C(=O)NNC(C)=O. The van der Waals surface area contributed by atoms with E-state index in [1.165, 1.54) is 6.92 Å². The zero-order valence-electron chi connectivity index (χ0n) is 13.1. The lowest BCUT2D eigenvalue weighted by Crippen LogP contribution is -2.52. The zero-order chi connectivity index (χ0) is 17.1. The van der Waals surface area contributed by atoms with Crippen molar-refractivity contribution in [2.75, 3.05) is 18.6 Å². The number of carbonyl (C=O) groups is 3. The molecule has 1 unspecified atom stereocenters. The Morgan fingerprint density at radius 3 is 2.48 bits per heavy atom. The molecule has 0 aromatic heterocycles. The third-order valence-corrected chi connectivity index (χ3v) is 3.38. The van der Waals surface area contributed by atoms with E-state index in [0.717, 1.165) is 0 Å². The van der Waals surface area contributed by atoms with Crippen LogP contribution in [0.3, 0.4) is 0 Å². The van der Waals surface area contributed by atoms with Crippen LogP contribution in [-0.4, -0.2) is 42.4 Å². The van der Waals surface area contributed by atoms with Crippen molar-refractivity contribution in [3.8, 4) is 5.75 Å². The highest BCUT2D eigenvalue weighted by Crippen LogP contribution is 2.08. The van der Waals surface area contributed by atoms with E-state index in [9.17, 15) is 14.4 Å². The van der Waals surface area contributed by atoms with Gasteiger partial charge >= 0.3 is 0 Å². The van der Waals surface area contributed by atoms with Crippen LogP contribution < -0.4 is 20.9 Å². The molecule has 3 amide bonds. The van der Waals surface area contributed by atoms with Crippen molar-refractivity contribution < 1.29 is 19.1 Å². The average molecular weight is 339 g/mol. The van der Waals surface area contributed by atoms with Crippen LogP contribution in [0, 0.1) is 0 Å². The van der Waals surface area contributed by atoms with Gasteiger partial charge in [0.2, 0.25) is 5.91 Å². The van der Waals surface area contributed by atoms with E-state index in [-0.39, 0.29) is 12.5 Å². The predicted molar refractivity (Wildman–Crippen MR) is 88.8 cm³/mol. The van der Waals surface area contributed by atoms with Gasteiger partial charge in [0.15, 0.2) is 6.61 Å². The summed E-state index contributed by atoms with van der Waals surface area (Å²) in [5, 5.41) is 2.60. The molecule has 0 fully saturated rings. The lowest BCUT2D eigenvalue weighted by atomic mass is 10.2.